The lowest BCUT2D eigenvalue weighted by atomic mass is 10.1. The zero-order chi connectivity index (χ0) is 16.1. The summed E-state index contributed by atoms with van der Waals surface area (Å²) in [6, 6.07) is 19.2. The van der Waals surface area contributed by atoms with Gasteiger partial charge in [-0.2, -0.15) is 0 Å². The van der Waals surface area contributed by atoms with Crippen molar-refractivity contribution in [2.75, 3.05) is 0 Å². The maximum absolute atomic E-state index is 11.4. The first-order valence-corrected chi connectivity index (χ1v) is 7.13. The largest absolute Gasteiger partial charge is 0.489 e. The van der Waals surface area contributed by atoms with E-state index in [9.17, 15) is 4.79 Å². The first-order chi connectivity index (χ1) is 11.3. The first-order valence-electron chi connectivity index (χ1n) is 7.13. The number of amides is 1. The van der Waals surface area contributed by atoms with E-state index in [4.69, 9.17) is 15.0 Å². The van der Waals surface area contributed by atoms with Gasteiger partial charge in [0, 0.05) is 5.56 Å². The van der Waals surface area contributed by atoms with Crippen molar-refractivity contribution in [3.63, 3.8) is 0 Å². The van der Waals surface area contributed by atoms with Crippen molar-refractivity contribution in [1.29, 1.82) is 0 Å². The minimum atomic E-state index is -0.459. The molecule has 0 unspecified atom stereocenters. The second-order valence-corrected chi connectivity index (χ2v) is 4.97. The molecule has 0 aliphatic carbocycles. The third-order valence-electron chi connectivity index (χ3n) is 3.39. The highest BCUT2D eigenvalue weighted by atomic mass is 16.5. The average molecular weight is 308 g/mol. The number of carbonyl (C=O) groups excluding carboxylic acids is 1. The Morgan fingerprint density at radius 1 is 1.04 bits per heavy atom. The summed E-state index contributed by atoms with van der Waals surface area (Å²) >= 11 is 0. The number of furan rings is 1. The van der Waals surface area contributed by atoms with Crippen LogP contribution in [0.15, 0.2) is 71.3 Å². The highest BCUT2D eigenvalue weighted by molar-refractivity contribution is 5.92. The van der Waals surface area contributed by atoms with Crippen LogP contribution in [0.25, 0.3) is 11.1 Å². The molecule has 3 aromatic rings. The van der Waals surface area contributed by atoms with Crippen LogP contribution in [0.4, 0.5) is 0 Å². The van der Waals surface area contributed by atoms with E-state index in [1.807, 2.05) is 60.0 Å². The number of hydrogen-bond donors (Lipinski definition) is 2. The number of benzene rings is 2. The Balaban J connectivity index is 1.67. The second kappa shape index (κ2) is 6.81. The molecule has 116 valence electrons. The number of rotatable bonds is 5. The summed E-state index contributed by atoms with van der Waals surface area (Å²) in [6.07, 6.45) is 1.52. The lowest BCUT2D eigenvalue weighted by Crippen LogP contribution is -2.29. The number of carbonyl (C=O) groups is 1. The van der Waals surface area contributed by atoms with Crippen LogP contribution >= 0.6 is 0 Å². The van der Waals surface area contributed by atoms with Gasteiger partial charge in [0.1, 0.15) is 12.4 Å². The van der Waals surface area contributed by atoms with E-state index in [2.05, 4.69) is 0 Å². The van der Waals surface area contributed by atoms with Crippen LogP contribution < -0.4 is 16.0 Å². The van der Waals surface area contributed by atoms with E-state index >= 15 is 0 Å². The molecule has 0 saturated carbocycles. The number of hydrogen-bond acceptors (Lipinski definition) is 4. The zero-order valence-corrected chi connectivity index (χ0v) is 12.4. The molecule has 23 heavy (non-hydrogen) atoms. The van der Waals surface area contributed by atoms with E-state index in [1.54, 1.807) is 6.07 Å². The third-order valence-corrected chi connectivity index (χ3v) is 3.39. The second-order valence-electron chi connectivity index (χ2n) is 4.97. The molecule has 0 radical (unpaired) electrons. The number of nitrogens with two attached hydrogens (primary N) is 1. The van der Waals surface area contributed by atoms with E-state index < -0.39 is 5.91 Å². The minimum absolute atomic E-state index is 0.173. The molecule has 0 aliphatic heterocycles. The Labute approximate surface area is 133 Å². The van der Waals surface area contributed by atoms with Gasteiger partial charge in [-0.15, -0.1) is 0 Å². The van der Waals surface area contributed by atoms with Crippen molar-refractivity contribution < 1.29 is 13.9 Å². The molecule has 0 spiro atoms. The SMILES string of the molecule is NNC(=O)c1cc(-c2ccc(OCc3ccccc3)cc2)co1. The summed E-state index contributed by atoms with van der Waals surface area (Å²) in [5.74, 6) is 5.57. The van der Waals surface area contributed by atoms with Crippen molar-refractivity contribution in [2.24, 2.45) is 5.84 Å². The summed E-state index contributed by atoms with van der Waals surface area (Å²) in [5, 5.41) is 0. The van der Waals surface area contributed by atoms with Gasteiger partial charge >= 0.3 is 5.91 Å². The predicted molar refractivity (Wildman–Crippen MR) is 86.6 cm³/mol. The van der Waals surface area contributed by atoms with Gasteiger partial charge in [0.25, 0.3) is 0 Å². The molecular weight excluding hydrogens is 292 g/mol. The molecule has 0 aliphatic rings. The maximum atomic E-state index is 11.4. The zero-order valence-electron chi connectivity index (χ0n) is 12.4. The fraction of sp³-hybridized carbons (Fsp3) is 0.0556. The minimum Gasteiger partial charge on any atom is -0.489 e. The fourth-order valence-electron chi connectivity index (χ4n) is 2.16. The smallest absolute Gasteiger partial charge is 0.300 e. The normalized spacial score (nSPS) is 10.3. The van der Waals surface area contributed by atoms with E-state index in [0.29, 0.717) is 6.61 Å². The Morgan fingerprint density at radius 2 is 1.78 bits per heavy atom. The van der Waals surface area contributed by atoms with Crippen LogP contribution in [0.5, 0.6) is 5.75 Å². The number of nitrogens with one attached hydrogen (secondary N) is 1. The quantitative estimate of drug-likeness (QED) is 0.431. The molecule has 3 rings (SSSR count). The fourth-order valence-corrected chi connectivity index (χ4v) is 2.16. The Morgan fingerprint density at radius 3 is 2.48 bits per heavy atom. The van der Waals surface area contributed by atoms with Crippen LogP contribution in [0, 0.1) is 0 Å². The van der Waals surface area contributed by atoms with Crippen molar-refractivity contribution in [1.82, 2.24) is 5.43 Å². The third kappa shape index (κ3) is 3.59. The van der Waals surface area contributed by atoms with Gasteiger partial charge in [0.2, 0.25) is 0 Å². The standard InChI is InChI=1S/C18H16N2O3/c19-20-18(21)17-10-15(12-23-17)14-6-8-16(9-7-14)22-11-13-4-2-1-3-5-13/h1-10,12H,11,19H2,(H,20,21). The summed E-state index contributed by atoms with van der Waals surface area (Å²) in [5.41, 5.74) is 4.88. The molecule has 1 aromatic heterocycles. The highest BCUT2D eigenvalue weighted by Crippen LogP contribution is 2.25. The van der Waals surface area contributed by atoms with Crippen LogP contribution in [0.2, 0.25) is 0 Å². The van der Waals surface area contributed by atoms with Crippen molar-refractivity contribution in [2.45, 2.75) is 6.61 Å². The summed E-state index contributed by atoms with van der Waals surface area (Å²) in [4.78, 5) is 11.4. The summed E-state index contributed by atoms with van der Waals surface area (Å²) < 4.78 is 10.9. The molecule has 0 saturated heterocycles. The van der Waals surface area contributed by atoms with E-state index in [1.165, 1.54) is 6.26 Å². The van der Waals surface area contributed by atoms with Gasteiger partial charge < -0.3 is 9.15 Å². The molecule has 0 bridgehead atoms. The van der Waals surface area contributed by atoms with Gasteiger partial charge in [0.15, 0.2) is 5.76 Å². The van der Waals surface area contributed by atoms with Crippen LogP contribution in [0.3, 0.4) is 0 Å². The molecule has 5 nitrogen and oxygen atoms in total. The monoisotopic (exact) mass is 308 g/mol. The van der Waals surface area contributed by atoms with Crippen molar-refractivity contribution in [3.05, 3.63) is 78.3 Å². The number of ether oxygens (including phenoxy) is 1. The van der Waals surface area contributed by atoms with Gasteiger partial charge in [-0.05, 0) is 29.3 Å². The van der Waals surface area contributed by atoms with Crippen LogP contribution in [-0.4, -0.2) is 5.91 Å². The lowest BCUT2D eigenvalue weighted by Gasteiger charge is -2.06. The first kappa shape index (κ1) is 14.9. The maximum Gasteiger partial charge on any atom is 0.300 e. The van der Waals surface area contributed by atoms with E-state index in [-0.39, 0.29) is 5.76 Å². The molecule has 1 amide bonds. The molecule has 0 atom stereocenters. The molecule has 0 fully saturated rings. The topological polar surface area (TPSA) is 77.5 Å². The van der Waals surface area contributed by atoms with Crippen molar-refractivity contribution in [3.8, 4) is 16.9 Å². The number of hydrazine groups is 1. The number of nitrogen functional groups attached to an aromatic ring is 1. The van der Waals surface area contributed by atoms with E-state index in [0.717, 1.165) is 22.4 Å². The summed E-state index contributed by atoms with van der Waals surface area (Å²) in [7, 11) is 0. The molecule has 3 N–H and O–H groups in total. The Bertz CT molecular complexity index is 780. The highest BCUT2D eigenvalue weighted by Gasteiger charge is 2.10. The molecular formula is C18H16N2O3. The van der Waals surface area contributed by atoms with Gasteiger partial charge in [-0.3, -0.25) is 10.2 Å². The molecule has 1 heterocycles. The van der Waals surface area contributed by atoms with Crippen LogP contribution in [-0.2, 0) is 6.61 Å². The Hall–Kier alpha value is -3.05. The Kier molecular flexibility index (Phi) is 4.40. The average Bonchev–Trinajstić information content (AvgIpc) is 3.11. The van der Waals surface area contributed by atoms with Crippen LogP contribution in [0.1, 0.15) is 16.1 Å². The summed E-state index contributed by atoms with van der Waals surface area (Å²) in [6.45, 7) is 0.521. The van der Waals surface area contributed by atoms with Gasteiger partial charge in [-0.25, -0.2) is 5.84 Å². The van der Waals surface area contributed by atoms with Gasteiger partial charge in [0.05, 0.1) is 6.26 Å². The predicted octanol–water partition coefficient (Wildman–Crippen LogP) is 3.13. The lowest BCUT2D eigenvalue weighted by molar-refractivity contribution is 0.0926. The molecule has 2 aromatic carbocycles. The molecule has 5 heteroatoms. The van der Waals surface area contributed by atoms with Crippen molar-refractivity contribution >= 4 is 5.91 Å². The van der Waals surface area contributed by atoms with Gasteiger partial charge in [-0.1, -0.05) is 42.5 Å².